The van der Waals surface area contributed by atoms with Gasteiger partial charge >= 0.3 is 5.97 Å². The van der Waals surface area contributed by atoms with E-state index in [2.05, 4.69) is 10.0 Å². The van der Waals surface area contributed by atoms with Gasteiger partial charge in [-0.3, -0.25) is 4.72 Å². The van der Waals surface area contributed by atoms with Crippen molar-refractivity contribution in [2.75, 3.05) is 24.1 Å². The maximum absolute atomic E-state index is 13.0. The van der Waals surface area contributed by atoms with Crippen LogP contribution < -0.4 is 10.0 Å². The van der Waals surface area contributed by atoms with Crippen LogP contribution in [0.15, 0.2) is 76.5 Å². The van der Waals surface area contributed by atoms with Crippen LogP contribution in [-0.4, -0.2) is 52.4 Å². The Balaban J connectivity index is 0.00000481. The predicted octanol–water partition coefficient (Wildman–Crippen LogP) is 3.53. The van der Waals surface area contributed by atoms with Crippen molar-refractivity contribution in [3.05, 3.63) is 88.4 Å². The number of rotatable bonds is 11. The van der Waals surface area contributed by atoms with Crippen LogP contribution in [0.2, 0.25) is 5.02 Å². The number of sulfone groups is 1. The van der Waals surface area contributed by atoms with Gasteiger partial charge in [-0.05, 0) is 66.6 Å². The fourth-order valence-corrected chi connectivity index (χ4v) is 5.49. The van der Waals surface area contributed by atoms with Gasteiger partial charge in [-0.1, -0.05) is 35.9 Å². The number of carbonyl (C=O) groups is 1. The Morgan fingerprint density at radius 3 is 2.22 bits per heavy atom. The van der Waals surface area contributed by atoms with Crippen molar-refractivity contribution >= 4 is 55.5 Å². The minimum atomic E-state index is -4.04. The third-order valence-corrected chi connectivity index (χ3v) is 7.82. The Hall–Kier alpha value is -2.67. The molecule has 0 aromatic heterocycles. The third kappa shape index (κ3) is 8.42. The third-order valence-electron chi connectivity index (χ3n) is 5.22. The summed E-state index contributed by atoms with van der Waals surface area (Å²) in [7, 11) is -7.80. The van der Waals surface area contributed by atoms with Gasteiger partial charge in [0.2, 0.25) is 19.9 Å². The molecule has 0 aliphatic heterocycles. The van der Waals surface area contributed by atoms with Crippen molar-refractivity contribution in [1.29, 1.82) is 0 Å². The summed E-state index contributed by atoms with van der Waals surface area (Å²) >= 11 is 5.94. The van der Waals surface area contributed by atoms with Gasteiger partial charge in [-0.15, -0.1) is 12.4 Å². The van der Waals surface area contributed by atoms with Crippen molar-refractivity contribution in [1.82, 2.24) is 5.32 Å². The summed E-state index contributed by atoms with van der Waals surface area (Å²) in [6.07, 6.45) is 0.727. The molecule has 9 nitrogen and oxygen atoms in total. The van der Waals surface area contributed by atoms with Gasteiger partial charge < -0.3 is 15.5 Å². The smallest absolute Gasteiger partial charge is 0.337 e. The highest BCUT2D eigenvalue weighted by atomic mass is 35.5. The van der Waals surface area contributed by atoms with Crippen LogP contribution in [0.5, 0.6) is 0 Å². The molecule has 0 amide bonds. The molecule has 0 aliphatic carbocycles. The fraction of sp³-hybridized carbons (Fsp3) is 0.208. The molecule has 3 aromatic rings. The van der Waals surface area contributed by atoms with Gasteiger partial charge in [-0.25, -0.2) is 21.6 Å². The molecule has 3 rings (SSSR count). The maximum Gasteiger partial charge on any atom is 0.337 e. The topological polar surface area (TPSA) is 150 Å². The van der Waals surface area contributed by atoms with Gasteiger partial charge in [0.15, 0.2) is 0 Å². The van der Waals surface area contributed by atoms with Crippen LogP contribution in [-0.2, 0) is 26.3 Å². The fourth-order valence-electron chi connectivity index (χ4n) is 3.43. The first-order chi connectivity index (χ1) is 16.9. The van der Waals surface area contributed by atoms with E-state index in [0.717, 1.165) is 30.0 Å². The largest absolute Gasteiger partial charge is 0.478 e. The van der Waals surface area contributed by atoms with E-state index in [4.69, 9.17) is 11.6 Å². The van der Waals surface area contributed by atoms with E-state index in [1.165, 1.54) is 12.1 Å². The highest BCUT2D eigenvalue weighted by molar-refractivity contribution is 7.92. The molecule has 0 radical (unpaired) electrons. The van der Waals surface area contributed by atoms with Gasteiger partial charge in [0.1, 0.15) is 0 Å². The normalized spacial score (nSPS) is 12.4. The highest BCUT2D eigenvalue weighted by Gasteiger charge is 2.22. The van der Waals surface area contributed by atoms with E-state index < -0.39 is 37.5 Å². The lowest BCUT2D eigenvalue weighted by molar-refractivity contribution is 0.0697. The molecule has 0 aliphatic rings. The molecule has 13 heteroatoms. The van der Waals surface area contributed by atoms with E-state index in [9.17, 15) is 31.8 Å². The Morgan fingerprint density at radius 2 is 1.62 bits per heavy atom. The number of aromatic carboxylic acids is 1. The first-order valence-corrected chi connectivity index (χ1v) is 14.5. The van der Waals surface area contributed by atoms with Gasteiger partial charge in [-0.2, -0.15) is 0 Å². The van der Waals surface area contributed by atoms with Gasteiger partial charge in [0, 0.05) is 11.6 Å². The lowest BCUT2D eigenvalue weighted by Crippen LogP contribution is -2.23. The zero-order chi connectivity index (χ0) is 26.5. The number of benzene rings is 3. The highest BCUT2D eigenvalue weighted by Crippen LogP contribution is 2.26. The summed E-state index contributed by atoms with van der Waals surface area (Å²) in [4.78, 5) is 11.3. The number of carboxylic acid groups (broad SMARTS) is 1. The number of hydrogen-bond acceptors (Lipinski definition) is 7. The zero-order valence-corrected chi connectivity index (χ0v) is 22.8. The second-order valence-electron chi connectivity index (χ2n) is 8.06. The number of halogens is 2. The molecule has 0 saturated carbocycles. The first kappa shape index (κ1) is 30.6. The Labute approximate surface area is 226 Å². The molecule has 0 bridgehead atoms. The number of anilines is 1. The van der Waals surface area contributed by atoms with Gasteiger partial charge in [0.25, 0.3) is 0 Å². The van der Waals surface area contributed by atoms with Crippen molar-refractivity contribution in [2.45, 2.75) is 22.3 Å². The average molecular weight is 590 g/mol. The number of carboxylic acids is 1. The van der Waals surface area contributed by atoms with E-state index in [0.29, 0.717) is 30.1 Å². The predicted molar refractivity (Wildman–Crippen MR) is 144 cm³/mol. The number of hydrogen-bond donors (Lipinski definition) is 4. The van der Waals surface area contributed by atoms with E-state index >= 15 is 0 Å². The van der Waals surface area contributed by atoms with Crippen LogP contribution in [0.1, 0.15) is 27.6 Å². The van der Waals surface area contributed by atoms with Crippen LogP contribution in [0, 0.1) is 0 Å². The minimum absolute atomic E-state index is 0. The molecular formula is C24H26Cl2N2O7S2. The van der Waals surface area contributed by atoms with E-state index in [-0.39, 0.29) is 27.9 Å². The maximum atomic E-state index is 13.0. The lowest BCUT2D eigenvalue weighted by atomic mass is 10.1. The van der Waals surface area contributed by atoms with Crippen LogP contribution in [0.25, 0.3) is 0 Å². The van der Waals surface area contributed by atoms with Crippen molar-refractivity contribution in [3.8, 4) is 0 Å². The minimum Gasteiger partial charge on any atom is -0.478 e. The number of nitrogens with one attached hydrogen (secondary N) is 2. The van der Waals surface area contributed by atoms with E-state index in [1.54, 1.807) is 36.4 Å². The summed E-state index contributed by atoms with van der Waals surface area (Å²) in [5.74, 6) is -1.47. The second-order valence-corrected chi connectivity index (χ2v) is 12.2. The summed E-state index contributed by atoms with van der Waals surface area (Å²) in [6.45, 7) is 0.864. The molecule has 0 saturated heterocycles. The van der Waals surface area contributed by atoms with Crippen molar-refractivity contribution < 1.29 is 31.8 Å². The number of aliphatic hydroxyl groups excluding tert-OH is 1. The quantitative estimate of drug-likeness (QED) is 0.248. The average Bonchev–Trinajstić information content (AvgIpc) is 2.81. The molecule has 0 heterocycles. The SMILES string of the molecule is CS(=O)(=O)Nc1ccc(S(=O)(=O)c2ccc(CCNC[C@@H](O)c3cccc(Cl)c3)cc2)cc1C(=O)O.Cl. The monoisotopic (exact) mass is 588 g/mol. The van der Waals surface area contributed by atoms with Crippen LogP contribution >= 0.6 is 24.0 Å². The Morgan fingerprint density at radius 1 is 0.973 bits per heavy atom. The Kier molecular flexibility index (Phi) is 10.5. The van der Waals surface area contributed by atoms with Crippen molar-refractivity contribution in [3.63, 3.8) is 0 Å². The molecule has 3 aromatic carbocycles. The summed E-state index contributed by atoms with van der Waals surface area (Å²) in [5.41, 5.74) is 0.852. The number of sulfonamides is 1. The second kappa shape index (κ2) is 12.7. The van der Waals surface area contributed by atoms with E-state index in [1.807, 2.05) is 0 Å². The standard InChI is InChI=1S/C24H25ClN2O7S2.ClH/c1-35(31,32)27-22-10-9-20(14-21(22)24(29)30)36(33,34)19-7-5-16(6-8-19)11-12-26-15-23(28)17-3-2-4-18(25)13-17;/h2-10,13-14,23,26-28H,11-12,15H2,1H3,(H,29,30);1H/t23-;/m1./s1. The molecule has 0 spiro atoms. The molecule has 1 atom stereocenters. The molecule has 0 fully saturated rings. The zero-order valence-electron chi connectivity index (χ0n) is 19.6. The first-order valence-electron chi connectivity index (χ1n) is 10.7. The molecule has 37 heavy (non-hydrogen) atoms. The molecular weight excluding hydrogens is 563 g/mol. The molecule has 200 valence electrons. The van der Waals surface area contributed by atoms with Crippen molar-refractivity contribution in [2.24, 2.45) is 0 Å². The summed E-state index contributed by atoms with van der Waals surface area (Å²) < 4.78 is 51.1. The van der Waals surface area contributed by atoms with Crippen LogP contribution in [0.4, 0.5) is 5.69 Å². The summed E-state index contributed by atoms with van der Waals surface area (Å²) in [5, 5.41) is 23.3. The number of aliphatic hydroxyl groups is 1. The molecule has 0 unspecified atom stereocenters. The summed E-state index contributed by atoms with van der Waals surface area (Å²) in [6, 6.07) is 16.3. The van der Waals surface area contributed by atoms with Gasteiger partial charge in [0.05, 0.1) is 33.4 Å². The van der Waals surface area contributed by atoms with Crippen LogP contribution in [0.3, 0.4) is 0 Å². The molecule has 4 N–H and O–H groups in total. The lowest BCUT2D eigenvalue weighted by Gasteiger charge is -2.13. The Bertz CT molecular complexity index is 1460.